The first kappa shape index (κ1) is 10.2. The molecule has 1 aromatic rings. The van der Waals surface area contributed by atoms with Gasteiger partial charge in [-0.2, -0.15) is 0 Å². The van der Waals surface area contributed by atoms with Gasteiger partial charge < -0.3 is 4.90 Å². The average molecular weight is 193 g/mol. The fraction of sp³-hybridized carbons (Fsp3) is 0.273. The van der Waals surface area contributed by atoms with E-state index in [1.54, 1.807) is 11.8 Å². The van der Waals surface area contributed by atoms with E-state index in [2.05, 4.69) is 55.5 Å². The lowest BCUT2D eigenvalue weighted by Gasteiger charge is -2.20. The summed E-state index contributed by atoms with van der Waals surface area (Å²) < 4.78 is 0. The molecule has 0 amide bonds. The Morgan fingerprint density at radius 3 is 2.38 bits per heavy atom. The van der Waals surface area contributed by atoms with E-state index >= 15 is 0 Å². The van der Waals surface area contributed by atoms with Crippen molar-refractivity contribution in [2.24, 2.45) is 0 Å². The average Bonchev–Trinajstić information content (AvgIpc) is 2.21. The Hall–Kier alpha value is -0.890. The summed E-state index contributed by atoms with van der Waals surface area (Å²) in [7, 11) is 2.08. The van der Waals surface area contributed by atoms with Gasteiger partial charge >= 0.3 is 0 Å². The molecule has 13 heavy (non-hydrogen) atoms. The number of anilines is 1. The Morgan fingerprint density at radius 1 is 1.31 bits per heavy atom. The van der Waals surface area contributed by atoms with Crippen LogP contribution < -0.4 is 4.90 Å². The molecule has 0 unspecified atom stereocenters. The van der Waals surface area contributed by atoms with Crippen molar-refractivity contribution in [1.82, 2.24) is 0 Å². The third kappa shape index (κ3) is 2.52. The number of benzene rings is 1. The maximum Gasteiger partial charge on any atom is 0.0703 e. The molecule has 0 aliphatic carbocycles. The van der Waals surface area contributed by atoms with Gasteiger partial charge in [-0.3, -0.25) is 0 Å². The number of thioether (sulfide) groups is 1. The predicted octanol–water partition coefficient (Wildman–Crippen LogP) is 3.35. The molecule has 0 saturated heterocycles. The minimum Gasteiger partial charge on any atom is -0.340 e. The van der Waals surface area contributed by atoms with Crippen LogP contribution in [0.25, 0.3) is 0 Å². The SMILES string of the molecule is C/C=C(\SC)N(C)c1ccccc1. The Morgan fingerprint density at radius 2 is 1.92 bits per heavy atom. The van der Waals surface area contributed by atoms with Gasteiger partial charge in [0.1, 0.15) is 0 Å². The van der Waals surface area contributed by atoms with Crippen LogP contribution in [0.1, 0.15) is 6.92 Å². The summed E-state index contributed by atoms with van der Waals surface area (Å²) in [5.41, 5.74) is 1.23. The van der Waals surface area contributed by atoms with E-state index in [0.29, 0.717) is 0 Å². The molecule has 0 saturated carbocycles. The summed E-state index contributed by atoms with van der Waals surface area (Å²) in [5.74, 6) is 0. The van der Waals surface area contributed by atoms with Crippen molar-refractivity contribution >= 4 is 17.4 Å². The second kappa shape index (κ2) is 4.97. The van der Waals surface area contributed by atoms with Crippen LogP contribution in [0.3, 0.4) is 0 Å². The summed E-state index contributed by atoms with van der Waals surface area (Å²) in [6.07, 6.45) is 4.21. The molecule has 0 fully saturated rings. The molecule has 0 aliphatic heterocycles. The third-order valence-corrected chi connectivity index (χ3v) is 2.86. The largest absolute Gasteiger partial charge is 0.340 e. The maximum absolute atomic E-state index is 2.19. The number of hydrogen-bond donors (Lipinski definition) is 0. The fourth-order valence-corrected chi connectivity index (χ4v) is 1.84. The van der Waals surface area contributed by atoms with Crippen molar-refractivity contribution in [1.29, 1.82) is 0 Å². The number of nitrogens with zero attached hydrogens (tertiary/aromatic N) is 1. The van der Waals surface area contributed by atoms with E-state index in [4.69, 9.17) is 0 Å². The zero-order chi connectivity index (χ0) is 9.68. The Bertz CT molecular complexity index is 279. The molecule has 0 heterocycles. The topological polar surface area (TPSA) is 3.24 Å². The number of rotatable bonds is 3. The van der Waals surface area contributed by atoms with Crippen LogP contribution in [0.4, 0.5) is 5.69 Å². The first-order valence-corrected chi connectivity index (χ1v) is 5.51. The Labute approximate surface area is 84.4 Å². The number of allylic oxidation sites excluding steroid dienone is 1. The van der Waals surface area contributed by atoms with Gasteiger partial charge in [0.25, 0.3) is 0 Å². The van der Waals surface area contributed by atoms with Gasteiger partial charge in [-0.1, -0.05) is 24.3 Å². The lowest BCUT2D eigenvalue weighted by Crippen LogP contribution is -2.13. The lowest BCUT2D eigenvalue weighted by molar-refractivity contribution is 1.18. The standard InChI is InChI=1S/C11H15NS/c1-4-11(13-3)12(2)10-8-6-5-7-9-10/h4-9H,1-3H3/b11-4-. The Balaban J connectivity index is 2.85. The molecular formula is C11H15NS. The van der Waals surface area contributed by atoms with Crippen LogP contribution in [0.5, 0.6) is 0 Å². The molecule has 0 radical (unpaired) electrons. The monoisotopic (exact) mass is 193 g/mol. The van der Waals surface area contributed by atoms with Gasteiger partial charge in [-0.15, -0.1) is 11.8 Å². The van der Waals surface area contributed by atoms with Gasteiger partial charge in [0.2, 0.25) is 0 Å². The highest BCUT2D eigenvalue weighted by Crippen LogP contribution is 2.22. The highest BCUT2D eigenvalue weighted by molar-refractivity contribution is 8.02. The van der Waals surface area contributed by atoms with Gasteiger partial charge in [0, 0.05) is 12.7 Å². The normalized spacial score (nSPS) is 11.5. The molecule has 1 aromatic carbocycles. The highest BCUT2D eigenvalue weighted by atomic mass is 32.2. The minimum absolute atomic E-state index is 1.23. The molecule has 1 rings (SSSR count). The maximum atomic E-state index is 2.19. The van der Waals surface area contributed by atoms with Crippen molar-refractivity contribution < 1.29 is 0 Å². The molecule has 0 spiro atoms. The van der Waals surface area contributed by atoms with Gasteiger partial charge in [0.15, 0.2) is 0 Å². The van der Waals surface area contributed by atoms with E-state index in [-0.39, 0.29) is 0 Å². The lowest BCUT2D eigenvalue weighted by atomic mass is 10.3. The summed E-state index contributed by atoms with van der Waals surface area (Å²) in [5, 5.41) is 1.27. The van der Waals surface area contributed by atoms with Crippen LogP contribution in [-0.4, -0.2) is 13.3 Å². The van der Waals surface area contributed by atoms with Crippen LogP contribution in [0.15, 0.2) is 41.4 Å². The number of para-hydroxylation sites is 1. The first-order valence-electron chi connectivity index (χ1n) is 4.28. The third-order valence-electron chi connectivity index (χ3n) is 1.93. The molecule has 0 N–H and O–H groups in total. The smallest absolute Gasteiger partial charge is 0.0703 e. The molecule has 2 heteroatoms. The van der Waals surface area contributed by atoms with Crippen molar-refractivity contribution in [3.8, 4) is 0 Å². The molecule has 0 bridgehead atoms. The molecule has 0 aromatic heterocycles. The fourth-order valence-electron chi connectivity index (χ4n) is 1.23. The summed E-state index contributed by atoms with van der Waals surface area (Å²) in [4.78, 5) is 2.19. The van der Waals surface area contributed by atoms with Crippen LogP contribution in [0.2, 0.25) is 0 Å². The second-order valence-electron chi connectivity index (χ2n) is 2.73. The Kier molecular flexibility index (Phi) is 3.90. The summed E-state index contributed by atoms with van der Waals surface area (Å²) in [6, 6.07) is 10.4. The molecule has 1 nitrogen and oxygen atoms in total. The van der Waals surface area contributed by atoms with E-state index in [1.807, 2.05) is 6.07 Å². The van der Waals surface area contributed by atoms with E-state index in [0.717, 1.165) is 0 Å². The van der Waals surface area contributed by atoms with Crippen molar-refractivity contribution in [3.05, 3.63) is 41.4 Å². The zero-order valence-electron chi connectivity index (χ0n) is 8.32. The minimum atomic E-state index is 1.23. The van der Waals surface area contributed by atoms with Crippen molar-refractivity contribution in [2.75, 3.05) is 18.2 Å². The molecule has 0 aliphatic rings. The zero-order valence-corrected chi connectivity index (χ0v) is 9.14. The van der Waals surface area contributed by atoms with E-state index in [9.17, 15) is 0 Å². The quantitative estimate of drug-likeness (QED) is 0.724. The first-order chi connectivity index (χ1) is 6.29. The highest BCUT2D eigenvalue weighted by Gasteiger charge is 2.02. The van der Waals surface area contributed by atoms with Crippen LogP contribution in [0, 0.1) is 0 Å². The summed E-state index contributed by atoms with van der Waals surface area (Å²) in [6.45, 7) is 2.06. The van der Waals surface area contributed by atoms with Crippen molar-refractivity contribution in [2.45, 2.75) is 6.92 Å². The van der Waals surface area contributed by atoms with Gasteiger partial charge in [-0.05, 0) is 25.3 Å². The molecular weight excluding hydrogens is 178 g/mol. The van der Waals surface area contributed by atoms with Gasteiger partial charge in [-0.25, -0.2) is 0 Å². The van der Waals surface area contributed by atoms with Gasteiger partial charge in [0.05, 0.1) is 5.03 Å². The predicted molar refractivity (Wildman–Crippen MR) is 62.1 cm³/mol. The van der Waals surface area contributed by atoms with E-state index < -0.39 is 0 Å². The molecule has 70 valence electrons. The number of hydrogen-bond acceptors (Lipinski definition) is 2. The second-order valence-corrected chi connectivity index (χ2v) is 3.55. The van der Waals surface area contributed by atoms with E-state index in [1.165, 1.54) is 10.7 Å². The van der Waals surface area contributed by atoms with Crippen LogP contribution in [-0.2, 0) is 0 Å². The summed E-state index contributed by atoms with van der Waals surface area (Å²) >= 11 is 1.76. The van der Waals surface area contributed by atoms with Crippen molar-refractivity contribution in [3.63, 3.8) is 0 Å². The molecule has 0 atom stereocenters. The van der Waals surface area contributed by atoms with Crippen LogP contribution >= 0.6 is 11.8 Å².